The molecule has 0 radical (unpaired) electrons. The van der Waals surface area contributed by atoms with Gasteiger partial charge in [-0.25, -0.2) is 12.8 Å². The van der Waals surface area contributed by atoms with Crippen molar-refractivity contribution in [2.75, 3.05) is 4.72 Å². The third-order valence-corrected chi connectivity index (χ3v) is 7.11. The number of nitrogens with one attached hydrogen (secondary N) is 1. The molecule has 0 bridgehead atoms. The highest BCUT2D eigenvalue weighted by atomic mass is 127. The zero-order valence-corrected chi connectivity index (χ0v) is 17.5. The van der Waals surface area contributed by atoms with E-state index in [4.69, 9.17) is 0 Å². The monoisotopic (exact) mass is 490 g/mol. The van der Waals surface area contributed by atoms with Crippen molar-refractivity contribution in [3.05, 3.63) is 60.8 Å². The Hall–Kier alpha value is -1.42. The summed E-state index contributed by atoms with van der Waals surface area (Å²) in [7, 11) is -1.89. The van der Waals surface area contributed by atoms with Crippen LogP contribution in [0.2, 0.25) is 0 Å². The molecule has 1 aliphatic carbocycles. The highest BCUT2D eigenvalue weighted by Crippen LogP contribution is 2.31. The van der Waals surface area contributed by atoms with Crippen LogP contribution in [-0.2, 0) is 29.9 Å². The van der Waals surface area contributed by atoms with Gasteiger partial charge in [0.15, 0.2) is 0 Å². The number of nitrogens with zero attached hydrogens (tertiary/aromatic N) is 1. The van der Waals surface area contributed by atoms with E-state index >= 15 is 0 Å². The van der Waals surface area contributed by atoms with E-state index in [1.165, 1.54) is 10.6 Å². The van der Waals surface area contributed by atoms with E-state index < -0.39 is 10.0 Å². The van der Waals surface area contributed by atoms with Gasteiger partial charge in [0.05, 0.1) is 10.9 Å². The Kier molecular flexibility index (Phi) is 5.43. The second-order valence-corrected chi connectivity index (χ2v) is 9.71. The molecule has 1 saturated carbocycles. The molecule has 0 spiro atoms. The molecule has 1 N–H and O–H groups in total. The first-order valence-electron chi connectivity index (χ1n) is 8.40. The van der Waals surface area contributed by atoms with Gasteiger partial charge in [-0.1, -0.05) is 13.0 Å². The van der Waals surface area contributed by atoms with E-state index in [1.54, 1.807) is 25.2 Å². The minimum absolute atomic E-state index is 0.126. The van der Waals surface area contributed by atoms with Gasteiger partial charge in [0.25, 0.3) is 5.56 Å². The van der Waals surface area contributed by atoms with Crippen molar-refractivity contribution < 1.29 is 12.8 Å². The van der Waals surface area contributed by atoms with Crippen molar-refractivity contribution in [2.45, 2.75) is 37.9 Å². The van der Waals surface area contributed by atoms with Crippen LogP contribution in [0.3, 0.4) is 0 Å². The molecular weight excluding hydrogens is 470 g/mol. The van der Waals surface area contributed by atoms with Gasteiger partial charge in [0.2, 0.25) is 10.0 Å². The molecule has 140 valence electrons. The molecule has 1 fully saturated rings. The van der Waals surface area contributed by atoms with Gasteiger partial charge in [-0.15, -0.1) is 0 Å². The lowest BCUT2D eigenvalue weighted by Crippen LogP contribution is -2.28. The van der Waals surface area contributed by atoms with Crippen LogP contribution in [0, 0.1) is 9.39 Å². The normalized spacial score (nSPS) is 14.5. The molecule has 26 heavy (non-hydrogen) atoms. The molecule has 0 atom stereocenters. The third-order valence-electron chi connectivity index (χ3n) is 4.58. The summed E-state index contributed by atoms with van der Waals surface area (Å²) in [6.45, 7) is 1.84. The molecule has 0 unspecified atom stereocenters. The van der Waals surface area contributed by atoms with Crippen LogP contribution >= 0.6 is 22.6 Å². The van der Waals surface area contributed by atoms with Crippen LogP contribution in [-0.4, -0.2) is 18.2 Å². The maximum absolute atomic E-state index is 14.3. The maximum atomic E-state index is 14.3. The van der Waals surface area contributed by atoms with Crippen molar-refractivity contribution in [1.29, 1.82) is 0 Å². The number of aryl methyl sites for hydroxylation is 1. The number of halogens is 2. The Morgan fingerprint density at radius 1 is 1.27 bits per heavy atom. The Labute approximate surface area is 165 Å². The van der Waals surface area contributed by atoms with Gasteiger partial charge < -0.3 is 4.57 Å². The number of hydrogen-bond acceptors (Lipinski definition) is 3. The fourth-order valence-corrected chi connectivity index (χ4v) is 4.71. The lowest BCUT2D eigenvalue weighted by Gasteiger charge is -2.18. The summed E-state index contributed by atoms with van der Waals surface area (Å²) in [6, 6.07) is 6.45. The summed E-state index contributed by atoms with van der Waals surface area (Å²) in [5.74, 6) is -0.375. The minimum atomic E-state index is -3.49. The molecule has 5 nitrogen and oxygen atoms in total. The first-order valence-corrected chi connectivity index (χ1v) is 11.0. The number of rotatable bonds is 6. The van der Waals surface area contributed by atoms with Gasteiger partial charge >= 0.3 is 0 Å². The van der Waals surface area contributed by atoms with Crippen molar-refractivity contribution in [3.63, 3.8) is 0 Å². The van der Waals surface area contributed by atoms with Crippen molar-refractivity contribution in [3.8, 4) is 0 Å². The number of benzene rings is 1. The molecule has 1 heterocycles. The number of sulfonamides is 1. The number of anilines is 1. The lowest BCUT2D eigenvalue weighted by molar-refractivity contribution is 0.599. The summed E-state index contributed by atoms with van der Waals surface area (Å²) in [5, 5.41) is -0.382. The van der Waals surface area contributed by atoms with E-state index in [0.717, 1.165) is 3.57 Å². The Balaban J connectivity index is 2.09. The smallest absolute Gasteiger partial charge is 0.253 e. The second kappa shape index (κ2) is 7.30. The van der Waals surface area contributed by atoms with E-state index in [9.17, 15) is 17.6 Å². The van der Waals surface area contributed by atoms with Gasteiger partial charge in [-0.3, -0.25) is 9.52 Å². The second-order valence-electron chi connectivity index (χ2n) is 6.51. The average molecular weight is 490 g/mol. The fourth-order valence-electron chi connectivity index (χ4n) is 2.85. The summed E-state index contributed by atoms with van der Waals surface area (Å²) in [4.78, 5) is 12.5. The molecule has 0 saturated heterocycles. The van der Waals surface area contributed by atoms with Crippen LogP contribution in [0.4, 0.5) is 10.1 Å². The first kappa shape index (κ1) is 19.3. The molecule has 3 rings (SSSR count). The standard InChI is InChI=1S/C18H20FIN2O3S/c1-3-11-8-16(21-26(24,25)14-6-7-14)17(22(2)18(11)23)9-12-4-5-13(20)10-15(12)19/h4-5,8,10,14,21H,3,6-7,9H2,1-2H3. The SMILES string of the molecule is CCc1cc(NS(=O)(=O)C2CC2)c(Cc2ccc(I)cc2F)n(C)c1=O. The molecular formula is C18H20FIN2O3S. The largest absolute Gasteiger partial charge is 0.313 e. The zero-order chi connectivity index (χ0) is 19.1. The minimum Gasteiger partial charge on any atom is -0.313 e. The average Bonchev–Trinajstić information content (AvgIpc) is 3.41. The van der Waals surface area contributed by atoms with E-state index in [1.807, 2.05) is 29.5 Å². The summed E-state index contributed by atoms with van der Waals surface area (Å²) >= 11 is 2.03. The van der Waals surface area contributed by atoms with Gasteiger partial charge in [-0.05, 0) is 65.6 Å². The van der Waals surface area contributed by atoms with Gasteiger partial charge in [0.1, 0.15) is 5.82 Å². The van der Waals surface area contributed by atoms with Crippen molar-refractivity contribution >= 4 is 38.3 Å². The van der Waals surface area contributed by atoms with Crippen LogP contribution in [0.1, 0.15) is 36.6 Å². The Morgan fingerprint density at radius 3 is 2.54 bits per heavy atom. The van der Waals surface area contributed by atoms with Gasteiger partial charge in [-0.2, -0.15) is 0 Å². The molecule has 1 aliphatic rings. The van der Waals surface area contributed by atoms with Crippen molar-refractivity contribution in [1.82, 2.24) is 4.57 Å². The number of aromatic nitrogens is 1. The predicted molar refractivity (Wildman–Crippen MR) is 109 cm³/mol. The van der Waals surface area contributed by atoms with Crippen LogP contribution in [0.25, 0.3) is 0 Å². The molecule has 0 aliphatic heterocycles. The number of pyridine rings is 1. The highest BCUT2D eigenvalue weighted by molar-refractivity contribution is 14.1. The molecule has 8 heteroatoms. The fraction of sp³-hybridized carbons (Fsp3) is 0.389. The maximum Gasteiger partial charge on any atom is 0.253 e. The van der Waals surface area contributed by atoms with E-state index in [2.05, 4.69) is 4.72 Å². The summed E-state index contributed by atoms with van der Waals surface area (Å²) < 4.78 is 43.9. The van der Waals surface area contributed by atoms with E-state index in [0.29, 0.717) is 41.8 Å². The lowest BCUT2D eigenvalue weighted by atomic mass is 10.1. The molecule has 0 amide bonds. The number of hydrogen-bond donors (Lipinski definition) is 1. The van der Waals surface area contributed by atoms with Crippen LogP contribution in [0.5, 0.6) is 0 Å². The first-order chi connectivity index (χ1) is 12.2. The molecule has 1 aromatic heterocycles. The predicted octanol–water partition coefficient (Wildman–Crippen LogP) is 3.19. The highest BCUT2D eigenvalue weighted by Gasteiger charge is 2.36. The Bertz CT molecular complexity index is 1010. The molecule has 2 aromatic rings. The van der Waals surface area contributed by atoms with E-state index in [-0.39, 0.29) is 23.0 Å². The van der Waals surface area contributed by atoms with Gasteiger partial charge in [0, 0.05) is 28.3 Å². The topological polar surface area (TPSA) is 68.2 Å². The summed E-state index contributed by atoms with van der Waals surface area (Å²) in [6.07, 6.45) is 1.90. The third kappa shape index (κ3) is 3.95. The van der Waals surface area contributed by atoms with Crippen molar-refractivity contribution in [2.24, 2.45) is 7.05 Å². The Morgan fingerprint density at radius 2 is 1.96 bits per heavy atom. The summed E-state index contributed by atoms with van der Waals surface area (Å²) in [5.41, 5.74) is 1.55. The quantitative estimate of drug-likeness (QED) is 0.633. The zero-order valence-electron chi connectivity index (χ0n) is 14.6. The molecule has 1 aromatic carbocycles. The van der Waals surface area contributed by atoms with Crippen LogP contribution in [0.15, 0.2) is 29.1 Å². The van der Waals surface area contributed by atoms with Crippen LogP contribution < -0.4 is 10.3 Å².